The van der Waals surface area contributed by atoms with Crippen LogP contribution in [0, 0.1) is 12.3 Å². The van der Waals surface area contributed by atoms with Crippen molar-refractivity contribution in [1.82, 2.24) is 5.32 Å². The third kappa shape index (κ3) is 3.41. The van der Waals surface area contributed by atoms with Gasteiger partial charge >= 0.3 is 0 Å². The van der Waals surface area contributed by atoms with Gasteiger partial charge in [-0.05, 0) is 25.1 Å². The lowest BCUT2D eigenvalue weighted by molar-refractivity contribution is 0.368. The van der Waals surface area contributed by atoms with Gasteiger partial charge in [0.1, 0.15) is 11.5 Å². The van der Waals surface area contributed by atoms with Gasteiger partial charge in [0.05, 0.1) is 19.8 Å². The number of terminal acetylenes is 1. The number of nitrogens with one attached hydrogen (secondary N) is 1. The largest absolute Gasteiger partial charge is 0.496 e. The third-order valence-corrected chi connectivity index (χ3v) is 2.84. The van der Waals surface area contributed by atoms with E-state index in [1.165, 1.54) is 0 Å². The van der Waals surface area contributed by atoms with Crippen LogP contribution in [-0.2, 0) is 0 Å². The molecule has 1 atom stereocenters. The van der Waals surface area contributed by atoms with Crippen molar-refractivity contribution in [1.29, 1.82) is 0 Å². The van der Waals surface area contributed by atoms with Crippen LogP contribution in [0.2, 0.25) is 0 Å². The summed E-state index contributed by atoms with van der Waals surface area (Å²) in [6.45, 7) is 2.95. The SMILES string of the molecule is C#CCCC(NCC)c1c(OC)cccc1OC. The Morgan fingerprint density at radius 1 is 1.28 bits per heavy atom. The van der Waals surface area contributed by atoms with E-state index in [2.05, 4.69) is 18.2 Å². The summed E-state index contributed by atoms with van der Waals surface area (Å²) in [6, 6.07) is 5.96. The van der Waals surface area contributed by atoms with Crippen LogP contribution in [0.15, 0.2) is 18.2 Å². The van der Waals surface area contributed by atoms with E-state index in [0.717, 1.165) is 36.4 Å². The van der Waals surface area contributed by atoms with Gasteiger partial charge in [0.15, 0.2) is 0 Å². The summed E-state index contributed by atoms with van der Waals surface area (Å²) >= 11 is 0. The summed E-state index contributed by atoms with van der Waals surface area (Å²) in [5.41, 5.74) is 1.04. The Hall–Kier alpha value is -1.66. The molecule has 1 unspecified atom stereocenters. The maximum absolute atomic E-state index is 5.42. The average Bonchev–Trinajstić information content (AvgIpc) is 2.42. The Morgan fingerprint density at radius 2 is 1.89 bits per heavy atom. The number of methoxy groups -OCH3 is 2. The number of rotatable bonds is 7. The Kier molecular flexibility index (Phi) is 6.10. The van der Waals surface area contributed by atoms with Crippen LogP contribution in [0.25, 0.3) is 0 Å². The average molecular weight is 247 g/mol. The molecule has 1 aromatic rings. The van der Waals surface area contributed by atoms with Crippen molar-refractivity contribution in [2.45, 2.75) is 25.8 Å². The third-order valence-electron chi connectivity index (χ3n) is 2.84. The second-order valence-electron chi connectivity index (χ2n) is 3.93. The molecule has 0 saturated carbocycles. The van der Waals surface area contributed by atoms with Crippen molar-refractivity contribution >= 4 is 0 Å². The lowest BCUT2D eigenvalue weighted by Gasteiger charge is -2.22. The first-order valence-corrected chi connectivity index (χ1v) is 6.16. The van der Waals surface area contributed by atoms with Gasteiger partial charge in [-0.25, -0.2) is 0 Å². The smallest absolute Gasteiger partial charge is 0.127 e. The van der Waals surface area contributed by atoms with Crippen LogP contribution in [0.4, 0.5) is 0 Å². The number of hydrogen-bond acceptors (Lipinski definition) is 3. The van der Waals surface area contributed by atoms with Gasteiger partial charge in [-0.1, -0.05) is 13.0 Å². The molecular formula is C15H21NO2. The molecule has 0 aliphatic heterocycles. The van der Waals surface area contributed by atoms with Crippen molar-refractivity contribution in [3.05, 3.63) is 23.8 Å². The standard InChI is InChI=1S/C15H21NO2/c1-5-7-9-12(16-6-2)15-13(17-3)10-8-11-14(15)18-4/h1,8,10-12,16H,6-7,9H2,2-4H3. The van der Waals surface area contributed by atoms with Gasteiger partial charge in [0.2, 0.25) is 0 Å². The summed E-state index contributed by atoms with van der Waals surface area (Å²) in [7, 11) is 3.34. The van der Waals surface area contributed by atoms with Gasteiger partial charge in [-0.2, -0.15) is 0 Å². The molecule has 0 bridgehead atoms. The minimum absolute atomic E-state index is 0.150. The van der Waals surface area contributed by atoms with Crippen LogP contribution in [0.3, 0.4) is 0 Å². The highest BCUT2D eigenvalue weighted by atomic mass is 16.5. The van der Waals surface area contributed by atoms with E-state index in [4.69, 9.17) is 15.9 Å². The molecule has 0 saturated heterocycles. The summed E-state index contributed by atoms with van der Waals surface area (Å²) < 4.78 is 10.8. The molecule has 0 radical (unpaired) electrons. The number of hydrogen-bond donors (Lipinski definition) is 1. The van der Waals surface area contributed by atoms with Crippen LogP contribution < -0.4 is 14.8 Å². The predicted molar refractivity (Wildman–Crippen MR) is 74.0 cm³/mol. The molecule has 3 nitrogen and oxygen atoms in total. The number of benzene rings is 1. The maximum atomic E-state index is 5.42. The summed E-state index contributed by atoms with van der Waals surface area (Å²) in [4.78, 5) is 0. The summed E-state index contributed by atoms with van der Waals surface area (Å²) in [5, 5.41) is 3.43. The molecule has 0 aromatic heterocycles. The highest BCUT2D eigenvalue weighted by molar-refractivity contribution is 5.47. The molecule has 3 heteroatoms. The van der Waals surface area contributed by atoms with Gasteiger partial charge < -0.3 is 14.8 Å². The van der Waals surface area contributed by atoms with Crippen molar-refractivity contribution in [2.24, 2.45) is 0 Å². The van der Waals surface area contributed by atoms with Gasteiger partial charge in [0, 0.05) is 12.5 Å². The Bertz CT molecular complexity index is 387. The first kappa shape index (κ1) is 14.4. The normalized spacial score (nSPS) is 11.7. The van der Waals surface area contributed by atoms with Crippen molar-refractivity contribution in [2.75, 3.05) is 20.8 Å². The zero-order valence-electron chi connectivity index (χ0n) is 11.3. The fourth-order valence-corrected chi connectivity index (χ4v) is 2.05. The van der Waals surface area contributed by atoms with E-state index in [1.54, 1.807) is 14.2 Å². The minimum atomic E-state index is 0.150. The van der Waals surface area contributed by atoms with E-state index in [0.29, 0.717) is 0 Å². The monoisotopic (exact) mass is 247 g/mol. The molecule has 0 heterocycles. The maximum Gasteiger partial charge on any atom is 0.127 e. The van der Waals surface area contributed by atoms with E-state index in [9.17, 15) is 0 Å². The highest BCUT2D eigenvalue weighted by Crippen LogP contribution is 2.35. The van der Waals surface area contributed by atoms with E-state index < -0.39 is 0 Å². The second-order valence-corrected chi connectivity index (χ2v) is 3.93. The Morgan fingerprint density at radius 3 is 2.33 bits per heavy atom. The fourth-order valence-electron chi connectivity index (χ4n) is 2.05. The highest BCUT2D eigenvalue weighted by Gasteiger charge is 2.19. The first-order valence-electron chi connectivity index (χ1n) is 6.16. The molecule has 1 aromatic carbocycles. The molecule has 0 fully saturated rings. The summed E-state index contributed by atoms with van der Waals surface area (Å²) in [5.74, 6) is 4.34. The van der Waals surface area contributed by atoms with Crippen LogP contribution in [0.5, 0.6) is 11.5 Å². The second kappa shape index (κ2) is 7.62. The van der Waals surface area contributed by atoms with Gasteiger partial charge in [0.25, 0.3) is 0 Å². The molecule has 0 spiro atoms. The minimum Gasteiger partial charge on any atom is -0.496 e. The van der Waals surface area contributed by atoms with Gasteiger partial charge in [-0.15, -0.1) is 12.3 Å². The molecule has 0 aliphatic rings. The Balaban J connectivity index is 3.11. The van der Waals surface area contributed by atoms with Crippen molar-refractivity contribution in [3.63, 3.8) is 0 Å². The molecule has 98 valence electrons. The van der Waals surface area contributed by atoms with Crippen LogP contribution in [-0.4, -0.2) is 20.8 Å². The van der Waals surface area contributed by atoms with Gasteiger partial charge in [-0.3, -0.25) is 0 Å². The van der Waals surface area contributed by atoms with E-state index >= 15 is 0 Å². The summed E-state index contributed by atoms with van der Waals surface area (Å²) in [6.07, 6.45) is 6.94. The molecule has 0 amide bonds. The Labute approximate surface area is 109 Å². The first-order chi connectivity index (χ1) is 8.78. The van der Waals surface area contributed by atoms with Crippen LogP contribution in [0.1, 0.15) is 31.4 Å². The molecule has 1 rings (SSSR count). The van der Waals surface area contributed by atoms with E-state index in [-0.39, 0.29) is 6.04 Å². The fraction of sp³-hybridized carbons (Fsp3) is 0.467. The zero-order valence-corrected chi connectivity index (χ0v) is 11.3. The van der Waals surface area contributed by atoms with E-state index in [1.807, 2.05) is 18.2 Å². The zero-order chi connectivity index (χ0) is 13.4. The molecule has 0 aliphatic carbocycles. The topological polar surface area (TPSA) is 30.5 Å². The predicted octanol–water partition coefficient (Wildman–Crippen LogP) is 2.77. The molecular weight excluding hydrogens is 226 g/mol. The molecule has 1 N–H and O–H groups in total. The van der Waals surface area contributed by atoms with Crippen molar-refractivity contribution < 1.29 is 9.47 Å². The lowest BCUT2D eigenvalue weighted by Crippen LogP contribution is -2.22. The van der Waals surface area contributed by atoms with Crippen LogP contribution >= 0.6 is 0 Å². The number of ether oxygens (including phenoxy) is 2. The molecule has 18 heavy (non-hydrogen) atoms. The quantitative estimate of drug-likeness (QED) is 0.752. The van der Waals surface area contributed by atoms with Crippen molar-refractivity contribution in [3.8, 4) is 23.8 Å². The lowest BCUT2D eigenvalue weighted by atomic mass is 9.99.